The van der Waals surface area contributed by atoms with E-state index in [0.717, 1.165) is 85.7 Å². The van der Waals surface area contributed by atoms with E-state index in [9.17, 15) is 0 Å². The summed E-state index contributed by atoms with van der Waals surface area (Å²) in [4.78, 5) is 17.0. The fourth-order valence-corrected chi connectivity index (χ4v) is 4.15. The molecule has 0 radical (unpaired) electrons. The number of aryl methyl sites for hydroxylation is 2. The zero-order valence-corrected chi connectivity index (χ0v) is 18.4. The number of morpholine rings is 1. The van der Waals surface area contributed by atoms with Gasteiger partial charge in [-0.05, 0) is 25.5 Å². The zero-order valence-electron chi connectivity index (χ0n) is 18.4. The van der Waals surface area contributed by atoms with Crippen LogP contribution in [0.1, 0.15) is 12.2 Å². The van der Waals surface area contributed by atoms with Gasteiger partial charge >= 0.3 is 0 Å². The number of rotatable bonds is 7. The Bertz CT molecular complexity index is 1170. The molecule has 2 aromatic heterocycles. The van der Waals surface area contributed by atoms with Gasteiger partial charge in [0, 0.05) is 37.4 Å². The van der Waals surface area contributed by atoms with Crippen LogP contribution in [0.2, 0.25) is 0 Å². The van der Waals surface area contributed by atoms with Gasteiger partial charge in [-0.2, -0.15) is 0 Å². The lowest BCUT2D eigenvalue weighted by molar-refractivity contribution is 0.0370. The molecule has 164 valence electrons. The van der Waals surface area contributed by atoms with Crippen molar-refractivity contribution in [1.29, 1.82) is 0 Å². The lowest BCUT2D eigenvalue weighted by atomic mass is 10.2. The molecule has 7 nitrogen and oxygen atoms in total. The van der Waals surface area contributed by atoms with Crippen LogP contribution in [-0.2, 0) is 11.3 Å². The van der Waals surface area contributed by atoms with Crippen LogP contribution < -0.4 is 5.32 Å². The van der Waals surface area contributed by atoms with Gasteiger partial charge in [0.2, 0.25) is 0 Å². The summed E-state index contributed by atoms with van der Waals surface area (Å²) in [6.45, 7) is 7.47. The van der Waals surface area contributed by atoms with Crippen molar-refractivity contribution in [2.45, 2.75) is 19.9 Å². The quantitative estimate of drug-likeness (QED) is 0.474. The average Bonchev–Trinajstić information content (AvgIpc) is 3.19. The molecule has 0 spiro atoms. The van der Waals surface area contributed by atoms with Gasteiger partial charge in [0.1, 0.15) is 11.6 Å². The maximum atomic E-state index is 5.48. The maximum absolute atomic E-state index is 5.48. The summed E-state index contributed by atoms with van der Waals surface area (Å²) in [6, 6.07) is 20.4. The minimum absolute atomic E-state index is 0.727. The molecule has 3 heterocycles. The highest BCUT2D eigenvalue weighted by molar-refractivity contribution is 5.88. The lowest BCUT2D eigenvalue weighted by Crippen LogP contribution is -2.37. The normalized spacial score (nSPS) is 14.7. The molecule has 32 heavy (non-hydrogen) atoms. The van der Waals surface area contributed by atoms with Gasteiger partial charge in [-0.25, -0.2) is 15.0 Å². The summed E-state index contributed by atoms with van der Waals surface area (Å²) in [5.74, 6) is 2.39. The molecule has 1 saturated heterocycles. The zero-order chi connectivity index (χ0) is 21.8. The number of para-hydroxylation sites is 1. The van der Waals surface area contributed by atoms with Crippen molar-refractivity contribution in [3.05, 3.63) is 66.5 Å². The Morgan fingerprint density at radius 3 is 2.34 bits per heavy atom. The molecule has 1 aliphatic heterocycles. The molecule has 7 heteroatoms. The van der Waals surface area contributed by atoms with Gasteiger partial charge in [0.25, 0.3) is 0 Å². The largest absolute Gasteiger partial charge is 0.379 e. The van der Waals surface area contributed by atoms with Gasteiger partial charge in [-0.15, -0.1) is 0 Å². The van der Waals surface area contributed by atoms with E-state index in [-0.39, 0.29) is 0 Å². The van der Waals surface area contributed by atoms with Gasteiger partial charge in [-0.1, -0.05) is 48.5 Å². The molecule has 5 rings (SSSR count). The third-order valence-electron chi connectivity index (χ3n) is 5.73. The van der Waals surface area contributed by atoms with Crippen molar-refractivity contribution in [1.82, 2.24) is 24.4 Å². The summed E-state index contributed by atoms with van der Waals surface area (Å²) in [5, 5.41) is 3.44. The summed E-state index contributed by atoms with van der Waals surface area (Å²) < 4.78 is 7.73. The highest BCUT2D eigenvalue weighted by Crippen LogP contribution is 2.29. The SMILES string of the molecule is Cc1nc(Nc2ccccc2)c2nc(-c3ccccc3)n(CCCN3CCOCC3)c2n1. The molecule has 0 aliphatic carbocycles. The smallest absolute Gasteiger partial charge is 0.166 e. The van der Waals surface area contributed by atoms with Crippen molar-refractivity contribution < 1.29 is 4.74 Å². The van der Waals surface area contributed by atoms with Gasteiger partial charge < -0.3 is 14.6 Å². The number of hydrogen-bond donors (Lipinski definition) is 1. The molecule has 2 aromatic carbocycles. The molecular weight excluding hydrogens is 400 g/mol. The first-order valence-corrected chi connectivity index (χ1v) is 11.2. The van der Waals surface area contributed by atoms with E-state index >= 15 is 0 Å². The molecular formula is C25H28N6O. The minimum Gasteiger partial charge on any atom is -0.379 e. The summed E-state index contributed by atoms with van der Waals surface area (Å²) in [6.07, 6.45) is 1.02. The number of ether oxygens (including phenoxy) is 1. The second-order valence-corrected chi connectivity index (χ2v) is 8.04. The fourth-order valence-electron chi connectivity index (χ4n) is 4.15. The van der Waals surface area contributed by atoms with Crippen molar-refractivity contribution in [2.24, 2.45) is 0 Å². The summed E-state index contributed by atoms with van der Waals surface area (Å²) >= 11 is 0. The Hall–Kier alpha value is -3.29. The summed E-state index contributed by atoms with van der Waals surface area (Å²) in [5.41, 5.74) is 3.73. The average molecular weight is 429 g/mol. The van der Waals surface area contributed by atoms with Crippen molar-refractivity contribution in [3.63, 3.8) is 0 Å². The van der Waals surface area contributed by atoms with Crippen LogP contribution in [0, 0.1) is 6.92 Å². The van der Waals surface area contributed by atoms with E-state index in [4.69, 9.17) is 14.7 Å². The number of hydrogen-bond acceptors (Lipinski definition) is 6. The van der Waals surface area contributed by atoms with Crippen molar-refractivity contribution in [2.75, 3.05) is 38.2 Å². The summed E-state index contributed by atoms with van der Waals surface area (Å²) in [7, 11) is 0. The van der Waals surface area contributed by atoms with E-state index in [1.165, 1.54) is 0 Å². The molecule has 4 aromatic rings. The Balaban J connectivity index is 1.52. The lowest BCUT2D eigenvalue weighted by Gasteiger charge is -2.26. The third kappa shape index (κ3) is 4.49. The van der Waals surface area contributed by atoms with Gasteiger partial charge in [0.05, 0.1) is 13.2 Å². The van der Waals surface area contributed by atoms with E-state index in [1.807, 2.05) is 55.5 Å². The molecule has 0 amide bonds. The van der Waals surface area contributed by atoms with Crippen LogP contribution in [0.15, 0.2) is 60.7 Å². The number of nitrogens with zero attached hydrogens (tertiary/aromatic N) is 5. The standard InChI is InChI=1S/C25H28N6O/c1-19-26-23(28-21-11-6-3-7-12-21)22-25(27-19)31(14-8-13-30-15-17-32-18-16-30)24(29-22)20-9-4-2-5-10-20/h2-7,9-12H,8,13-18H2,1H3,(H,26,27,28). The van der Waals surface area contributed by atoms with Crippen LogP contribution in [0.25, 0.3) is 22.6 Å². The van der Waals surface area contributed by atoms with Crippen LogP contribution >= 0.6 is 0 Å². The Labute approximate surface area is 188 Å². The number of benzene rings is 2. The van der Waals surface area contributed by atoms with Gasteiger partial charge in [0.15, 0.2) is 17.0 Å². The molecule has 1 aliphatic rings. The molecule has 0 bridgehead atoms. The van der Waals surface area contributed by atoms with E-state index in [0.29, 0.717) is 0 Å². The first-order chi connectivity index (χ1) is 15.8. The van der Waals surface area contributed by atoms with Crippen molar-refractivity contribution >= 4 is 22.7 Å². The number of anilines is 2. The minimum atomic E-state index is 0.727. The second kappa shape index (κ2) is 9.46. The molecule has 0 saturated carbocycles. The first kappa shape index (κ1) is 20.6. The number of imidazole rings is 1. The Morgan fingerprint density at radius 1 is 0.875 bits per heavy atom. The maximum Gasteiger partial charge on any atom is 0.166 e. The van der Waals surface area contributed by atoms with Crippen LogP contribution in [0.4, 0.5) is 11.5 Å². The van der Waals surface area contributed by atoms with E-state index in [2.05, 4.69) is 31.9 Å². The second-order valence-electron chi connectivity index (χ2n) is 8.04. The molecule has 1 fully saturated rings. The van der Waals surface area contributed by atoms with Gasteiger partial charge in [-0.3, -0.25) is 4.90 Å². The molecule has 1 N–H and O–H groups in total. The van der Waals surface area contributed by atoms with Crippen LogP contribution in [-0.4, -0.2) is 57.3 Å². The first-order valence-electron chi connectivity index (χ1n) is 11.2. The number of aromatic nitrogens is 4. The Morgan fingerprint density at radius 2 is 1.59 bits per heavy atom. The third-order valence-corrected chi connectivity index (χ3v) is 5.73. The monoisotopic (exact) mass is 428 g/mol. The van der Waals surface area contributed by atoms with E-state index in [1.54, 1.807) is 0 Å². The highest BCUT2D eigenvalue weighted by Gasteiger charge is 2.19. The Kier molecular flexibility index (Phi) is 6.09. The van der Waals surface area contributed by atoms with E-state index < -0.39 is 0 Å². The molecule has 0 atom stereocenters. The topological polar surface area (TPSA) is 68.1 Å². The highest BCUT2D eigenvalue weighted by atomic mass is 16.5. The molecule has 0 unspecified atom stereocenters. The number of fused-ring (bicyclic) bond motifs is 1. The predicted octanol–water partition coefficient (Wildman–Crippen LogP) is 4.27. The van der Waals surface area contributed by atoms with Crippen LogP contribution in [0.5, 0.6) is 0 Å². The predicted molar refractivity (Wildman–Crippen MR) is 127 cm³/mol. The number of nitrogens with one attached hydrogen (secondary N) is 1. The van der Waals surface area contributed by atoms with Crippen molar-refractivity contribution in [3.8, 4) is 11.4 Å². The van der Waals surface area contributed by atoms with Crippen LogP contribution in [0.3, 0.4) is 0 Å². The fraction of sp³-hybridized carbons (Fsp3) is 0.320.